The van der Waals surface area contributed by atoms with Crippen molar-refractivity contribution in [1.29, 1.82) is 0 Å². The topological polar surface area (TPSA) is 61.8 Å². The first-order chi connectivity index (χ1) is 14.7. The SMILES string of the molecule is C#CCOc1ccc(CCN=C(NCC)NC2CCN(c3ncccc3F)C2)cc1.I. The number of aliphatic imine (C=N–C) groups is 1. The number of guanidine groups is 1. The predicted molar refractivity (Wildman–Crippen MR) is 134 cm³/mol. The highest BCUT2D eigenvalue weighted by Gasteiger charge is 2.25. The van der Waals surface area contributed by atoms with Crippen molar-refractivity contribution in [2.45, 2.75) is 25.8 Å². The van der Waals surface area contributed by atoms with Gasteiger partial charge in [-0.3, -0.25) is 4.99 Å². The third-order valence-electron chi connectivity index (χ3n) is 4.83. The summed E-state index contributed by atoms with van der Waals surface area (Å²) in [7, 11) is 0. The summed E-state index contributed by atoms with van der Waals surface area (Å²) in [6, 6.07) is 11.1. The van der Waals surface area contributed by atoms with Gasteiger partial charge in [-0.1, -0.05) is 18.1 Å². The van der Waals surface area contributed by atoms with Gasteiger partial charge in [-0.2, -0.15) is 0 Å². The Morgan fingerprint density at radius 1 is 1.35 bits per heavy atom. The minimum absolute atomic E-state index is 0. The maximum atomic E-state index is 14.0. The van der Waals surface area contributed by atoms with Crippen LogP contribution in [0.15, 0.2) is 47.6 Å². The lowest BCUT2D eigenvalue weighted by atomic mass is 10.1. The van der Waals surface area contributed by atoms with Gasteiger partial charge in [0.05, 0.1) is 0 Å². The Morgan fingerprint density at radius 2 is 2.16 bits per heavy atom. The summed E-state index contributed by atoms with van der Waals surface area (Å²) < 4.78 is 19.4. The summed E-state index contributed by atoms with van der Waals surface area (Å²) >= 11 is 0. The van der Waals surface area contributed by atoms with Crippen molar-refractivity contribution in [3.63, 3.8) is 0 Å². The molecule has 0 spiro atoms. The zero-order valence-corrected chi connectivity index (χ0v) is 20.0. The van der Waals surface area contributed by atoms with Crippen LogP contribution in [0.5, 0.6) is 5.75 Å². The van der Waals surface area contributed by atoms with Crippen molar-refractivity contribution in [2.24, 2.45) is 4.99 Å². The van der Waals surface area contributed by atoms with Gasteiger partial charge in [0.2, 0.25) is 0 Å². The van der Waals surface area contributed by atoms with E-state index in [0.717, 1.165) is 37.6 Å². The average molecular weight is 537 g/mol. The van der Waals surface area contributed by atoms with Crippen LogP contribution < -0.4 is 20.3 Å². The van der Waals surface area contributed by atoms with Gasteiger partial charge in [0.25, 0.3) is 0 Å². The molecular weight excluding hydrogens is 508 g/mol. The third kappa shape index (κ3) is 7.58. The zero-order chi connectivity index (χ0) is 21.2. The molecule has 8 heteroatoms. The monoisotopic (exact) mass is 537 g/mol. The molecule has 1 aromatic heterocycles. The van der Waals surface area contributed by atoms with Crippen LogP contribution in [0.3, 0.4) is 0 Å². The Labute approximate surface area is 200 Å². The number of terminal acetylenes is 1. The number of rotatable bonds is 8. The quantitative estimate of drug-likeness (QED) is 0.235. The highest BCUT2D eigenvalue weighted by molar-refractivity contribution is 14.0. The summed E-state index contributed by atoms with van der Waals surface area (Å²) in [6.07, 6.45) is 8.55. The van der Waals surface area contributed by atoms with Crippen molar-refractivity contribution >= 4 is 35.8 Å². The number of nitrogens with zero attached hydrogens (tertiary/aromatic N) is 3. The Hall–Kier alpha value is -2.54. The molecule has 2 N–H and O–H groups in total. The molecule has 0 aliphatic carbocycles. The molecule has 2 aromatic rings. The number of hydrogen-bond donors (Lipinski definition) is 2. The van der Waals surface area contributed by atoms with Gasteiger partial charge in [0, 0.05) is 38.4 Å². The molecule has 1 saturated heterocycles. The average Bonchev–Trinajstić information content (AvgIpc) is 3.22. The Bertz CT molecular complexity index is 884. The van der Waals surface area contributed by atoms with E-state index in [0.29, 0.717) is 18.9 Å². The van der Waals surface area contributed by atoms with Gasteiger partial charge >= 0.3 is 0 Å². The van der Waals surface area contributed by atoms with Crippen LogP contribution in [0.4, 0.5) is 10.2 Å². The molecule has 2 heterocycles. The fourth-order valence-electron chi connectivity index (χ4n) is 3.37. The van der Waals surface area contributed by atoms with Crippen molar-refractivity contribution in [3.05, 3.63) is 54.0 Å². The van der Waals surface area contributed by atoms with E-state index in [1.54, 1.807) is 12.3 Å². The van der Waals surface area contributed by atoms with E-state index in [4.69, 9.17) is 11.2 Å². The number of halogens is 2. The van der Waals surface area contributed by atoms with Crippen LogP contribution in [0.2, 0.25) is 0 Å². The minimum Gasteiger partial charge on any atom is -0.481 e. The first kappa shape index (κ1) is 24.7. The maximum absolute atomic E-state index is 14.0. The molecule has 1 aliphatic heterocycles. The van der Waals surface area contributed by atoms with Crippen molar-refractivity contribution in [1.82, 2.24) is 15.6 Å². The molecule has 0 radical (unpaired) electrons. The fraction of sp³-hybridized carbons (Fsp3) is 0.391. The van der Waals surface area contributed by atoms with Crippen LogP contribution in [0.1, 0.15) is 18.9 Å². The van der Waals surface area contributed by atoms with E-state index in [1.165, 1.54) is 11.6 Å². The molecule has 3 rings (SSSR count). The number of aromatic nitrogens is 1. The van der Waals surface area contributed by atoms with Crippen LogP contribution in [-0.2, 0) is 6.42 Å². The second kappa shape index (κ2) is 13.0. The number of anilines is 1. The lowest BCUT2D eigenvalue weighted by Gasteiger charge is -2.20. The zero-order valence-electron chi connectivity index (χ0n) is 17.7. The lowest BCUT2D eigenvalue weighted by molar-refractivity contribution is 0.370. The van der Waals surface area contributed by atoms with Gasteiger partial charge in [-0.15, -0.1) is 30.4 Å². The molecule has 0 saturated carbocycles. The number of nitrogens with one attached hydrogen (secondary N) is 2. The molecule has 1 atom stereocenters. The Morgan fingerprint density at radius 3 is 2.87 bits per heavy atom. The number of ether oxygens (including phenoxy) is 1. The van der Waals surface area contributed by atoms with Gasteiger partial charge in [0.15, 0.2) is 17.6 Å². The van der Waals surface area contributed by atoms with Gasteiger partial charge < -0.3 is 20.3 Å². The molecule has 0 bridgehead atoms. The lowest BCUT2D eigenvalue weighted by Crippen LogP contribution is -2.44. The normalized spacial score (nSPS) is 15.7. The molecule has 1 fully saturated rings. The largest absolute Gasteiger partial charge is 0.481 e. The molecule has 1 aliphatic rings. The number of benzene rings is 1. The number of hydrogen-bond acceptors (Lipinski definition) is 4. The van der Waals surface area contributed by atoms with E-state index in [-0.39, 0.29) is 42.4 Å². The molecule has 1 unspecified atom stereocenters. The minimum atomic E-state index is -0.283. The van der Waals surface area contributed by atoms with Gasteiger partial charge in [-0.25, -0.2) is 9.37 Å². The Kier molecular flexibility index (Phi) is 10.4. The van der Waals surface area contributed by atoms with Crippen LogP contribution in [0, 0.1) is 18.2 Å². The van der Waals surface area contributed by atoms with Crippen LogP contribution >= 0.6 is 24.0 Å². The van der Waals surface area contributed by atoms with Gasteiger partial charge in [-0.05, 0) is 49.6 Å². The second-order valence-corrected chi connectivity index (χ2v) is 7.03. The standard InChI is InChI=1S/C23H28FN5O.HI/c1-3-16-30-20-9-7-18(8-10-20)11-14-27-23(25-4-2)28-19-12-15-29(17-19)22-21(24)6-5-13-26-22;/h1,5-10,13,19H,4,11-12,14-17H2,2H3,(H2,25,27,28);1H. The van der Waals surface area contributed by atoms with E-state index in [9.17, 15) is 4.39 Å². The fourth-order valence-corrected chi connectivity index (χ4v) is 3.37. The molecule has 6 nitrogen and oxygen atoms in total. The Balaban J connectivity index is 0.00000341. The first-order valence-electron chi connectivity index (χ1n) is 10.2. The molecular formula is C23H29FIN5O. The summed E-state index contributed by atoms with van der Waals surface area (Å²) in [5.74, 6) is 4.13. The molecule has 1 aromatic carbocycles. The molecule has 0 amide bonds. The van der Waals surface area contributed by atoms with Crippen LogP contribution in [-0.4, -0.2) is 49.8 Å². The van der Waals surface area contributed by atoms with E-state index in [2.05, 4.69) is 26.5 Å². The van der Waals surface area contributed by atoms with Crippen molar-refractivity contribution in [2.75, 3.05) is 37.7 Å². The summed E-state index contributed by atoms with van der Waals surface area (Å²) in [6.45, 7) is 5.20. The van der Waals surface area contributed by atoms with Crippen molar-refractivity contribution < 1.29 is 9.13 Å². The van der Waals surface area contributed by atoms with E-state index < -0.39 is 0 Å². The van der Waals surface area contributed by atoms with E-state index in [1.807, 2.05) is 36.1 Å². The van der Waals surface area contributed by atoms with Crippen molar-refractivity contribution in [3.8, 4) is 18.1 Å². The summed E-state index contributed by atoms with van der Waals surface area (Å²) in [5, 5.41) is 6.75. The molecule has 31 heavy (non-hydrogen) atoms. The predicted octanol–water partition coefficient (Wildman–Crippen LogP) is 3.23. The first-order valence-corrected chi connectivity index (χ1v) is 10.2. The van der Waals surface area contributed by atoms with E-state index >= 15 is 0 Å². The highest BCUT2D eigenvalue weighted by atomic mass is 127. The summed E-state index contributed by atoms with van der Waals surface area (Å²) in [4.78, 5) is 10.8. The molecule has 166 valence electrons. The van der Waals surface area contributed by atoms with Crippen LogP contribution in [0.25, 0.3) is 0 Å². The third-order valence-corrected chi connectivity index (χ3v) is 4.83. The summed E-state index contributed by atoms with van der Waals surface area (Å²) in [5.41, 5.74) is 1.18. The smallest absolute Gasteiger partial charge is 0.191 e. The van der Waals surface area contributed by atoms with Gasteiger partial charge in [0.1, 0.15) is 12.4 Å². The second-order valence-electron chi connectivity index (χ2n) is 7.03. The maximum Gasteiger partial charge on any atom is 0.191 e. The highest BCUT2D eigenvalue weighted by Crippen LogP contribution is 2.20. The number of pyridine rings is 1.